The van der Waals surface area contributed by atoms with Gasteiger partial charge in [-0.05, 0) is 28.8 Å². The molecule has 0 amide bonds. The van der Waals surface area contributed by atoms with Gasteiger partial charge in [0.25, 0.3) is 0 Å². The molecule has 0 spiro atoms. The smallest absolute Gasteiger partial charge is 0.132 e. The van der Waals surface area contributed by atoms with Crippen molar-refractivity contribution in [2.24, 2.45) is 0 Å². The molecule has 0 radical (unpaired) electrons. The minimum atomic E-state index is 0.833. The Hall–Kier alpha value is -1.43. The highest BCUT2D eigenvalue weighted by atomic mass is 79.9. The Labute approximate surface area is 121 Å². The minimum Gasteiger partial charge on any atom is -0.370 e. The van der Waals surface area contributed by atoms with Crippen LogP contribution < -0.4 is 5.32 Å². The number of hydrogen-bond donors (Lipinski definition) is 2. The summed E-state index contributed by atoms with van der Waals surface area (Å²) in [6.45, 7) is 3.00. The Kier molecular flexibility index (Phi) is 5.32. The van der Waals surface area contributed by atoms with Crippen LogP contribution in [0.1, 0.15) is 31.4 Å². The third-order valence-electron chi connectivity index (χ3n) is 2.67. The van der Waals surface area contributed by atoms with E-state index < -0.39 is 0 Å². The average Bonchev–Trinajstić information content (AvgIpc) is 2.87. The van der Waals surface area contributed by atoms with Gasteiger partial charge in [0.15, 0.2) is 0 Å². The molecule has 0 unspecified atom stereocenters. The van der Waals surface area contributed by atoms with Crippen LogP contribution in [-0.2, 0) is 12.8 Å². The number of H-pyrrole nitrogens is 1. The molecule has 0 aliphatic rings. The number of rotatable bonds is 7. The third-order valence-corrected chi connectivity index (χ3v) is 3.07. The second-order valence-electron chi connectivity index (χ2n) is 4.31. The number of imidazole rings is 1. The molecule has 0 fully saturated rings. The molecule has 0 aromatic carbocycles. The lowest BCUT2D eigenvalue weighted by Crippen LogP contribution is -2.07. The zero-order valence-corrected chi connectivity index (χ0v) is 12.6. The highest BCUT2D eigenvalue weighted by molar-refractivity contribution is 9.10. The molecule has 2 rings (SSSR count). The average molecular weight is 324 g/mol. The molecule has 0 aliphatic heterocycles. The first-order valence-electron chi connectivity index (χ1n) is 6.53. The molecule has 102 valence electrons. The van der Waals surface area contributed by atoms with Crippen molar-refractivity contribution < 1.29 is 0 Å². The second kappa shape index (κ2) is 7.23. The molecular weight excluding hydrogens is 306 g/mol. The standard InChI is InChI=1S/C13H18BrN5/c1-2-4-12-18-10(14)9-13(19-12)15-6-3-5-11-16-7-8-17-11/h7-9H,2-6H2,1H3,(H,16,17)(H,15,18,19). The van der Waals surface area contributed by atoms with Crippen LogP contribution in [-0.4, -0.2) is 26.5 Å². The van der Waals surface area contributed by atoms with E-state index in [0.717, 1.165) is 54.3 Å². The van der Waals surface area contributed by atoms with E-state index >= 15 is 0 Å². The molecule has 0 aliphatic carbocycles. The molecule has 5 nitrogen and oxygen atoms in total. The minimum absolute atomic E-state index is 0.833. The van der Waals surface area contributed by atoms with Gasteiger partial charge in [0.05, 0.1) is 0 Å². The van der Waals surface area contributed by atoms with Crippen molar-refractivity contribution in [2.75, 3.05) is 11.9 Å². The number of nitrogens with one attached hydrogen (secondary N) is 2. The summed E-state index contributed by atoms with van der Waals surface area (Å²) in [6, 6.07) is 1.91. The zero-order chi connectivity index (χ0) is 13.5. The van der Waals surface area contributed by atoms with Crippen molar-refractivity contribution in [1.29, 1.82) is 0 Å². The Morgan fingerprint density at radius 3 is 2.95 bits per heavy atom. The van der Waals surface area contributed by atoms with Crippen LogP contribution in [0.25, 0.3) is 0 Å². The number of halogens is 1. The fraction of sp³-hybridized carbons (Fsp3) is 0.462. The summed E-state index contributed by atoms with van der Waals surface area (Å²) < 4.78 is 0.833. The van der Waals surface area contributed by atoms with E-state index in [2.05, 4.69) is 48.1 Å². The van der Waals surface area contributed by atoms with Gasteiger partial charge in [-0.15, -0.1) is 0 Å². The Morgan fingerprint density at radius 2 is 2.21 bits per heavy atom. The van der Waals surface area contributed by atoms with Gasteiger partial charge in [-0.1, -0.05) is 6.92 Å². The molecule has 0 atom stereocenters. The van der Waals surface area contributed by atoms with Gasteiger partial charge in [0.2, 0.25) is 0 Å². The zero-order valence-electron chi connectivity index (χ0n) is 11.0. The number of aromatic amines is 1. The number of aromatic nitrogens is 4. The van der Waals surface area contributed by atoms with Gasteiger partial charge >= 0.3 is 0 Å². The summed E-state index contributed by atoms with van der Waals surface area (Å²) in [6.07, 6.45) is 7.53. The second-order valence-corrected chi connectivity index (χ2v) is 5.12. The summed E-state index contributed by atoms with van der Waals surface area (Å²) in [5.41, 5.74) is 0. The molecular formula is C13H18BrN5. The summed E-state index contributed by atoms with van der Waals surface area (Å²) in [5.74, 6) is 2.78. The van der Waals surface area contributed by atoms with Crippen LogP contribution >= 0.6 is 15.9 Å². The maximum atomic E-state index is 4.48. The van der Waals surface area contributed by atoms with Crippen molar-refractivity contribution in [2.45, 2.75) is 32.6 Å². The van der Waals surface area contributed by atoms with Crippen LogP contribution in [0, 0.1) is 0 Å². The monoisotopic (exact) mass is 323 g/mol. The maximum absolute atomic E-state index is 4.48. The van der Waals surface area contributed by atoms with Gasteiger partial charge in [-0.3, -0.25) is 0 Å². The highest BCUT2D eigenvalue weighted by Gasteiger charge is 2.02. The van der Waals surface area contributed by atoms with E-state index in [4.69, 9.17) is 0 Å². The summed E-state index contributed by atoms with van der Waals surface area (Å²) >= 11 is 3.42. The molecule has 0 bridgehead atoms. The van der Waals surface area contributed by atoms with Gasteiger partial charge in [0.1, 0.15) is 22.1 Å². The fourth-order valence-electron chi connectivity index (χ4n) is 1.80. The molecule has 2 heterocycles. The molecule has 2 aromatic heterocycles. The summed E-state index contributed by atoms with van der Waals surface area (Å²) in [4.78, 5) is 16.1. The van der Waals surface area contributed by atoms with Crippen LogP contribution in [0.2, 0.25) is 0 Å². The number of nitrogens with zero attached hydrogens (tertiary/aromatic N) is 3. The lowest BCUT2D eigenvalue weighted by atomic mass is 10.3. The molecule has 6 heteroatoms. The van der Waals surface area contributed by atoms with E-state index in [-0.39, 0.29) is 0 Å². The van der Waals surface area contributed by atoms with E-state index in [1.165, 1.54) is 0 Å². The lowest BCUT2D eigenvalue weighted by molar-refractivity contribution is 0.802. The van der Waals surface area contributed by atoms with Crippen LogP contribution in [0.3, 0.4) is 0 Å². The van der Waals surface area contributed by atoms with Crippen molar-refractivity contribution in [1.82, 2.24) is 19.9 Å². The predicted molar refractivity (Wildman–Crippen MR) is 79.1 cm³/mol. The number of aryl methyl sites for hydroxylation is 2. The SMILES string of the molecule is CCCc1nc(Br)cc(NCCCc2ncc[nH]2)n1. The molecule has 0 saturated heterocycles. The van der Waals surface area contributed by atoms with E-state index in [9.17, 15) is 0 Å². The largest absolute Gasteiger partial charge is 0.370 e. The van der Waals surface area contributed by atoms with E-state index in [1.54, 1.807) is 6.20 Å². The van der Waals surface area contributed by atoms with Crippen LogP contribution in [0.4, 0.5) is 5.82 Å². The van der Waals surface area contributed by atoms with Crippen molar-refractivity contribution in [3.63, 3.8) is 0 Å². The van der Waals surface area contributed by atoms with Crippen LogP contribution in [0.15, 0.2) is 23.1 Å². The Balaban J connectivity index is 1.81. The highest BCUT2D eigenvalue weighted by Crippen LogP contribution is 2.13. The molecule has 2 aromatic rings. The molecule has 2 N–H and O–H groups in total. The van der Waals surface area contributed by atoms with Crippen LogP contribution in [0.5, 0.6) is 0 Å². The summed E-state index contributed by atoms with van der Waals surface area (Å²) in [7, 11) is 0. The van der Waals surface area contributed by atoms with Crippen molar-refractivity contribution in [3.8, 4) is 0 Å². The first-order valence-corrected chi connectivity index (χ1v) is 7.33. The molecule has 0 saturated carbocycles. The van der Waals surface area contributed by atoms with Gasteiger partial charge in [-0.25, -0.2) is 15.0 Å². The quantitative estimate of drug-likeness (QED) is 0.607. The number of hydrogen-bond acceptors (Lipinski definition) is 4. The van der Waals surface area contributed by atoms with Gasteiger partial charge in [0, 0.05) is 37.8 Å². The van der Waals surface area contributed by atoms with Crippen molar-refractivity contribution >= 4 is 21.7 Å². The normalized spacial score (nSPS) is 10.6. The topological polar surface area (TPSA) is 66.5 Å². The predicted octanol–water partition coefficient (Wildman–Crippen LogP) is 2.96. The first kappa shape index (κ1) is 14.0. The van der Waals surface area contributed by atoms with E-state index in [0.29, 0.717) is 0 Å². The Bertz CT molecular complexity index is 498. The fourth-order valence-corrected chi connectivity index (χ4v) is 2.22. The molecule has 19 heavy (non-hydrogen) atoms. The van der Waals surface area contributed by atoms with Gasteiger partial charge < -0.3 is 10.3 Å². The van der Waals surface area contributed by atoms with E-state index in [1.807, 2.05) is 12.3 Å². The summed E-state index contributed by atoms with van der Waals surface area (Å²) in [5, 5.41) is 3.32. The number of anilines is 1. The first-order chi connectivity index (χ1) is 9.28. The van der Waals surface area contributed by atoms with Gasteiger partial charge in [-0.2, -0.15) is 0 Å². The Morgan fingerprint density at radius 1 is 1.32 bits per heavy atom. The maximum Gasteiger partial charge on any atom is 0.132 e. The third kappa shape index (κ3) is 4.63. The van der Waals surface area contributed by atoms with Crippen molar-refractivity contribution in [3.05, 3.63) is 34.7 Å². The lowest BCUT2D eigenvalue weighted by Gasteiger charge is -2.07.